The normalized spacial score (nSPS) is 15.9. The van der Waals surface area contributed by atoms with Gasteiger partial charge >= 0.3 is 0 Å². The molecule has 7 nitrogen and oxygen atoms in total. The average Bonchev–Trinajstić information content (AvgIpc) is 2.52. The fourth-order valence-corrected chi connectivity index (χ4v) is 2.21. The first-order chi connectivity index (χ1) is 9.85. The lowest BCUT2D eigenvalue weighted by Crippen LogP contribution is -2.37. The summed E-state index contributed by atoms with van der Waals surface area (Å²) in [4.78, 5) is 10.8. The first-order valence-electron chi connectivity index (χ1n) is 6.96. The second kappa shape index (κ2) is 7.86. The number of anilines is 2. The average molecular weight is 281 g/mol. The van der Waals surface area contributed by atoms with Gasteiger partial charge in [0.1, 0.15) is 6.33 Å². The summed E-state index contributed by atoms with van der Waals surface area (Å²) in [6.07, 6.45) is 2.58. The van der Waals surface area contributed by atoms with Crippen molar-refractivity contribution in [2.45, 2.75) is 6.42 Å². The molecule has 0 radical (unpaired) electrons. The van der Waals surface area contributed by atoms with Crippen molar-refractivity contribution in [3.05, 3.63) is 6.33 Å². The molecule has 2 rings (SSSR count). The Hall–Kier alpha value is -1.60. The molecule has 0 aliphatic carbocycles. The molecule has 0 saturated carbocycles. The summed E-state index contributed by atoms with van der Waals surface area (Å²) in [5.74, 6) is 2.08. The van der Waals surface area contributed by atoms with Gasteiger partial charge in [-0.1, -0.05) is 0 Å². The van der Waals surface area contributed by atoms with Crippen molar-refractivity contribution >= 4 is 11.6 Å². The molecule has 2 heterocycles. The lowest BCUT2D eigenvalue weighted by Gasteiger charge is -2.26. The quantitative estimate of drug-likeness (QED) is 0.711. The molecule has 0 atom stereocenters. The standard InChI is InChI=1S/C13H23N5O2/c1-14-12-11(19-2)13(17-10-16-12)15-4-3-5-18-6-8-20-9-7-18/h10H,3-9H2,1-2H3,(H2,14,15,16,17). The number of ether oxygens (including phenoxy) is 2. The Balaban J connectivity index is 1.78. The minimum absolute atomic E-state index is 0.654. The van der Waals surface area contributed by atoms with E-state index in [2.05, 4.69) is 25.5 Å². The van der Waals surface area contributed by atoms with Gasteiger partial charge < -0.3 is 20.1 Å². The van der Waals surface area contributed by atoms with Crippen LogP contribution in [0.4, 0.5) is 11.6 Å². The molecule has 7 heteroatoms. The smallest absolute Gasteiger partial charge is 0.204 e. The minimum atomic E-state index is 0.654. The summed E-state index contributed by atoms with van der Waals surface area (Å²) in [5, 5.41) is 6.30. The van der Waals surface area contributed by atoms with E-state index >= 15 is 0 Å². The largest absolute Gasteiger partial charge is 0.490 e. The molecule has 20 heavy (non-hydrogen) atoms. The van der Waals surface area contributed by atoms with E-state index in [4.69, 9.17) is 9.47 Å². The summed E-state index contributed by atoms with van der Waals surface area (Å²) in [7, 11) is 3.44. The van der Waals surface area contributed by atoms with Crippen LogP contribution in [0.25, 0.3) is 0 Å². The topological polar surface area (TPSA) is 71.5 Å². The highest BCUT2D eigenvalue weighted by Gasteiger charge is 2.11. The summed E-state index contributed by atoms with van der Waals surface area (Å²) in [6.45, 7) is 5.68. The van der Waals surface area contributed by atoms with E-state index in [-0.39, 0.29) is 0 Å². The maximum Gasteiger partial charge on any atom is 0.204 e. The highest BCUT2D eigenvalue weighted by atomic mass is 16.5. The first kappa shape index (κ1) is 14.8. The Kier molecular flexibility index (Phi) is 5.82. The highest BCUT2D eigenvalue weighted by molar-refractivity contribution is 5.63. The van der Waals surface area contributed by atoms with Gasteiger partial charge in [-0.3, -0.25) is 4.90 Å². The van der Waals surface area contributed by atoms with Crippen molar-refractivity contribution in [2.75, 3.05) is 64.2 Å². The molecule has 1 fully saturated rings. The van der Waals surface area contributed by atoms with Crippen LogP contribution in [0.3, 0.4) is 0 Å². The van der Waals surface area contributed by atoms with Gasteiger partial charge in [0.25, 0.3) is 0 Å². The summed E-state index contributed by atoms with van der Waals surface area (Å²) < 4.78 is 10.7. The molecule has 1 aliphatic heterocycles. The molecule has 1 aromatic rings. The molecule has 0 amide bonds. The molecule has 0 bridgehead atoms. The van der Waals surface area contributed by atoms with Crippen LogP contribution in [0.2, 0.25) is 0 Å². The number of nitrogens with zero attached hydrogens (tertiary/aromatic N) is 3. The number of hydrogen-bond donors (Lipinski definition) is 2. The lowest BCUT2D eigenvalue weighted by molar-refractivity contribution is 0.0378. The van der Waals surface area contributed by atoms with Crippen LogP contribution >= 0.6 is 0 Å². The van der Waals surface area contributed by atoms with Crippen LogP contribution in [-0.2, 0) is 4.74 Å². The van der Waals surface area contributed by atoms with Gasteiger partial charge in [-0.15, -0.1) is 0 Å². The third-order valence-electron chi connectivity index (χ3n) is 3.29. The van der Waals surface area contributed by atoms with Crippen LogP contribution in [0, 0.1) is 0 Å². The maximum absolute atomic E-state index is 5.34. The molecule has 2 N–H and O–H groups in total. The summed E-state index contributed by atoms with van der Waals surface area (Å²) in [6, 6.07) is 0. The van der Waals surface area contributed by atoms with E-state index in [1.54, 1.807) is 7.11 Å². The van der Waals surface area contributed by atoms with E-state index in [0.717, 1.165) is 51.6 Å². The van der Waals surface area contributed by atoms with Crippen molar-refractivity contribution in [1.82, 2.24) is 14.9 Å². The second-order valence-corrected chi connectivity index (χ2v) is 4.59. The number of methoxy groups -OCH3 is 1. The fraction of sp³-hybridized carbons (Fsp3) is 0.692. The van der Waals surface area contributed by atoms with Gasteiger partial charge in [-0.25, -0.2) is 9.97 Å². The van der Waals surface area contributed by atoms with Crippen LogP contribution in [0.15, 0.2) is 6.33 Å². The number of rotatable bonds is 7. The van der Waals surface area contributed by atoms with Gasteiger partial charge in [0, 0.05) is 26.7 Å². The van der Waals surface area contributed by atoms with Crippen molar-refractivity contribution in [3.63, 3.8) is 0 Å². The predicted octanol–water partition coefficient (Wildman–Crippen LogP) is 0.661. The zero-order chi connectivity index (χ0) is 14.2. The van der Waals surface area contributed by atoms with Crippen LogP contribution in [-0.4, -0.2) is 68.4 Å². The van der Waals surface area contributed by atoms with Gasteiger partial charge in [-0.05, 0) is 13.0 Å². The number of hydrogen-bond acceptors (Lipinski definition) is 7. The molecule has 1 saturated heterocycles. The van der Waals surface area contributed by atoms with Crippen molar-refractivity contribution in [3.8, 4) is 5.75 Å². The van der Waals surface area contributed by atoms with Crippen molar-refractivity contribution in [2.24, 2.45) is 0 Å². The van der Waals surface area contributed by atoms with E-state index in [9.17, 15) is 0 Å². The Labute approximate surface area is 119 Å². The van der Waals surface area contributed by atoms with Gasteiger partial charge in [0.2, 0.25) is 5.75 Å². The van der Waals surface area contributed by atoms with Crippen molar-refractivity contribution in [1.29, 1.82) is 0 Å². The fourth-order valence-electron chi connectivity index (χ4n) is 2.21. The molecular formula is C13H23N5O2. The highest BCUT2D eigenvalue weighted by Crippen LogP contribution is 2.28. The number of nitrogens with one attached hydrogen (secondary N) is 2. The van der Waals surface area contributed by atoms with E-state index in [1.807, 2.05) is 7.05 Å². The zero-order valence-electron chi connectivity index (χ0n) is 12.2. The SMILES string of the molecule is CNc1ncnc(NCCCN2CCOCC2)c1OC. The molecule has 1 aromatic heterocycles. The lowest BCUT2D eigenvalue weighted by atomic mass is 10.3. The Morgan fingerprint density at radius 3 is 2.75 bits per heavy atom. The third-order valence-corrected chi connectivity index (χ3v) is 3.29. The van der Waals surface area contributed by atoms with E-state index in [1.165, 1.54) is 6.33 Å². The summed E-state index contributed by atoms with van der Waals surface area (Å²) >= 11 is 0. The predicted molar refractivity (Wildman–Crippen MR) is 78.5 cm³/mol. The number of aromatic nitrogens is 2. The maximum atomic E-state index is 5.34. The van der Waals surface area contributed by atoms with E-state index < -0.39 is 0 Å². The second-order valence-electron chi connectivity index (χ2n) is 4.59. The van der Waals surface area contributed by atoms with Crippen LogP contribution in [0.1, 0.15) is 6.42 Å². The van der Waals surface area contributed by atoms with Crippen molar-refractivity contribution < 1.29 is 9.47 Å². The first-order valence-corrected chi connectivity index (χ1v) is 6.96. The van der Waals surface area contributed by atoms with E-state index in [0.29, 0.717) is 11.6 Å². The van der Waals surface area contributed by atoms with Gasteiger partial charge in [0.15, 0.2) is 11.6 Å². The minimum Gasteiger partial charge on any atom is -0.490 e. The van der Waals surface area contributed by atoms with Crippen LogP contribution < -0.4 is 15.4 Å². The molecule has 0 unspecified atom stereocenters. The van der Waals surface area contributed by atoms with Gasteiger partial charge in [0.05, 0.1) is 20.3 Å². The Morgan fingerprint density at radius 2 is 2.05 bits per heavy atom. The van der Waals surface area contributed by atoms with Crippen LogP contribution in [0.5, 0.6) is 5.75 Å². The van der Waals surface area contributed by atoms with Gasteiger partial charge in [-0.2, -0.15) is 0 Å². The molecular weight excluding hydrogens is 258 g/mol. The molecule has 0 aromatic carbocycles. The Morgan fingerprint density at radius 1 is 1.30 bits per heavy atom. The number of morpholine rings is 1. The molecule has 0 spiro atoms. The summed E-state index contributed by atoms with van der Waals surface area (Å²) in [5.41, 5.74) is 0. The molecule has 1 aliphatic rings. The zero-order valence-corrected chi connectivity index (χ0v) is 12.2. The monoisotopic (exact) mass is 281 g/mol. The Bertz CT molecular complexity index is 410. The third kappa shape index (κ3) is 3.94. The molecule has 112 valence electrons.